The van der Waals surface area contributed by atoms with Gasteiger partial charge in [0.05, 0.1) is 12.3 Å². The van der Waals surface area contributed by atoms with Crippen molar-refractivity contribution in [2.75, 3.05) is 7.11 Å². The molecule has 0 bridgehead atoms. The first-order valence-electron chi connectivity index (χ1n) is 4.08. The number of ether oxygens (including phenoxy) is 1. The summed E-state index contributed by atoms with van der Waals surface area (Å²) in [6, 6.07) is 7.37. The maximum absolute atomic E-state index is 8.44. The number of hydroxylamine groups is 1. The van der Waals surface area contributed by atoms with E-state index in [1.165, 1.54) is 0 Å². The van der Waals surface area contributed by atoms with Crippen molar-refractivity contribution in [2.24, 2.45) is 10.7 Å². The van der Waals surface area contributed by atoms with Gasteiger partial charge in [0.15, 0.2) is 0 Å². The number of methoxy groups -OCH3 is 1. The number of nitrogens with zero attached hydrogens (tertiary/aromatic N) is 1. The molecule has 1 aromatic rings. The summed E-state index contributed by atoms with van der Waals surface area (Å²) >= 11 is 0. The number of rotatable bonds is 3. The van der Waals surface area contributed by atoms with Crippen LogP contribution in [-0.2, 0) is 11.3 Å². The van der Waals surface area contributed by atoms with Crippen LogP contribution in [0.2, 0.25) is 0 Å². The maximum Gasteiger partial charge on any atom is 0.218 e. The van der Waals surface area contributed by atoms with Gasteiger partial charge >= 0.3 is 0 Å². The molecule has 0 aliphatic rings. The number of benzene rings is 1. The Morgan fingerprint density at radius 1 is 1.64 bits per heavy atom. The van der Waals surface area contributed by atoms with Crippen LogP contribution in [0.1, 0.15) is 5.56 Å². The minimum absolute atomic E-state index is 0.0421. The van der Waals surface area contributed by atoms with Crippen LogP contribution in [0, 0.1) is 0 Å². The van der Waals surface area contributed by atoms with E-state index in [4.69, 9.17) is 15.7 Å². The average molecular weight is 195 g/mol. The van der Waals surface area contributed by atoms with E-state index in [2.05, 4.69) is 4.99 Å². The zero-order chi connectivity index (χ0) is 10.4. The maximum atomic E-state index is 8.44. The van der Waals surface area contributed by atoms with Gasteiger partial charge in [-0.1, -0.05) is 12.1 Å². The van der Waals surface area contributed by atoms with Crippen molar-refractivity contribution in [1.29, 1.82) is 0 Å². The second-order valence-corrected chi connectivity index (χ2v) is 2.71. The van der Waals surface area contributed by atoms with Crippen molar-refractivity contribution in [2.45, 2.75) is 6.61 Å². The number of hydrogen-bond donors (Lipinski definition) is 3. The van der Waals surface area contributed by atoms with E-state index in [9.17, 15) is 0 Å². The Bertz CT molecular complexity index is 326. The van der Waals surface area contributed by atoms with Gasteiger partial charge in [-0.2, -0.15) is 0 Å². The van der Waals surface area contributed by atoms with Gasteiger partial charge in [-0.05, 0) is 17.7 Å². The van der Waals surface area contributed by atoms with Crippen LogP contribution in [0.25, 0.3) is 0 Å². The smallest absolute Gasteiger partial charge is 0.218 e. The molecule has 4 N–H and O–H groups in total. The zero-order valence-corrected chi connectivity index (χ0v) is 7.90. The molecule has 0 fully saturated rings. The third-order valence-corrected chi connectivity index (χ3v) is 1.59. The van der Waals surface area contributed by atoms with Crippen molar-refractivity contribution >= 4 is 11.6 Å². The molecule has 0 spiro atoms. The second kappa shape index (κ2) is 5.21. The average Bonchev–Trinajstić information content (AvgIpc) is 2.19. The summed E-state index contributed by atoms with van der Waals surface area (Å²) in [6.07, 6.45) is 0. The Labute approximate surface area is 82.2 Å². The van der Waals surface area contributed by atoms with Crippen molar-refractivity contribution in [1.82, 2.24) is 5.48 Å². The predicted octanol–water partition coefficient (Wildman–Crippen LogP) is 0.758. The summed E-state index contributed by atoms with van der Waals surface area (Å²) in [5.74, 6) is -0.0421. The van der Waals surface area contributed by atoms with Crippen LogP contribution in [-0.4, -0.2) is 18.3 Å². The van der Waals surface area contributed by atoms with E-state index in [0.717, 1.165) is 5.56 Å². The van der Waals surface area contributed by atoms with Crippen LogP contribution >= 0.6 is 0 Å². The van der Waals surface area contributed by atoms with E-state index in [0.29, 0.717) is 12.3 Å². The normalized spacial score (nSPS) is 11.4. The molecule has 14 heavy (non-hydrogen) atoms. The summed E-state index contributed by atoms with van der Waals surface area (Å²) in [7, 11) is 1.62. The van der Waals surface area contributed by atoms with E-state index >= 15 is 0 Å². The highest BCUT2D eigenvalue weighted by atomic mass is 16.5. The molecule has 0 saturated carbocycles. The van der Waals surface area contributed by atoms with Crippen molar-refractivity contribution in [3.8, 4) is 0 Å². The second-order valence-electron chi connectivity index (χ2n) is 2.71. The number of aliphatic imine (C=N–C) groups is 1. The molecule has 0 aliphatic carbocycles. The van der Waals surface area contributed by atoms with Crippen molar-refractivity contribution in [3.05, 3.63) is 29.8 Å². The molecule has 5 heteroatoms. The van der Waals surface area contributed by atoms with E-state index in [1.807, 2.05) is 18.2 Å². The van der Waals surface area contributed by atoms with Crippen molar-refractivity contribution in [3.63, 3.8) is 0 Å². The summed E-state index contributed by atoms with van der Waals surface area (Å²) in [6.45, 7) is 0.524. The topological polar surface area (TPSA) is 79.9 Å². The van der Waals surface area contributed by atoms with Crippen LogP contribution in [0.3, 0.4) is 0 Å². The van der Waals surface area contributed by atoms with Gasteiger partial charge in [0.2, 0.25) is 5.96 Å². The molecule has 5 nitrogen and oxygen atoms in total. The lowest BCUT2D eigenvalue weighted by Crippen LogP contribution is -2.27. The largest absolute Gasteiger partial charge is 0.380 e. The summed E-state index contributed by atoms with van der Waals surface area (Å²) in [5.41, 5.74) is 8.71. The molecule has 1 aromatic carbocycles. The van der Waals surface area contributed by atoms with Gasteiger partial charge in [-0.15, -0.1) is 0 Å². The molecule has 0 aromatic heterocycles. The van der Waals surface area contributed by atoms with Crippen LogP contribution in [0.15, 0.2) is 29.3 Å². The van der Waals surface area contributed by atoms with Crippen LogP contribution < -0.4 is 11.2 Å². The summed E-state index contributed by atoms with van der Waals surface area (Å²) in [4.78, 5) is 3.90. The summed E-state index contributed by atoms with van der Waals surface area (Å²) in [5, 5.41) is 8.44. The highest BCUT2D eigenvalue weighted by molar-refractivity contribution is 5.79. The number of guanidine groups is 1. The fourth-order valence-corrected chi connectivity index (χ4v) is 1.05. The number of nitrogens with one attached hydrogen (secondary N) is 1. The van der Waals surface area contributed by atoms with E-state index in [1.54, 1.807) is 18.7 Å². The first-order chi connectivity index (χ1) is 6.76. The molecular weight excluding hydrogens is 182 g/mol. The van der Waals surface area contributed by atoms with Gasteiger partial charge in [-0.3, -0.25) is 5.21 Å². The molecule has 0 radical (unpaired) electrons. The molecule has 76 valence electrons. The number of nitrogens with two attached hydrogens (primary N) is 1. The highest BCUT2D eigenvalue weighted by Gasteiger charge is 1.95. The van der Waals surface area contributed by atoms with Crippen LogP contribution in [0.4, 0.5) is 5.69 Å². The molecule has 1 rings (SSSR count). The first kappa shape index (κ1) is 10.5. The molecular formula is C9H13N3O2. The lowest BCUT2D eigenvalue weighted by molar-refractivity contribution is 0.185. The van der Waals surface area contributed by atoms with Gasteiger partial charge in [0.1, 0.15) is 0 Å². The quantitative estimate of drug-likeness (QED) is 0.378. The Morgan fingerprint density at radius 3 is 3.07 bits per heavy atom. The molecule has 0 aliphatic heterocycles. The minimum Gasteiger partial charge on any atom is -0.380 e. The minimum atomic E-state index is -0.0421. The van der Waals surface area contributed by atoms with E-state index < -0.39 is 0 Å². The van der Waals surface area contributed by atoms with Gasteiger partial charge in [0, 0.05) is 7.11 Å². The SMILES string of the molecule is COCc1cccc(N=C(N)NO)c1. The monoisotopic (exact) mass is 195 g/mol. The predicted molar refractivity (Wildman–Crippen MR) is 53.4 cm³/mol. The van der Waals surface area contributed by atoms with Gasteiger partial charge < -0.3 is 10.5 Å². The Balaban J connectivity index is 2.83. The lowest BCUT2D eigenvalue weighted by atomic mass is 10.2. The molecule has 0 unspecified atom stereocenters. The summed E-state index contributed by atoms with van der Waals surface area (Å²) < 4.78 is 4.97. The zero-order valence-electron chi connectivity index (χ0n) is 7.90. The lowest BCUT2D eigenvalue weighted by Gasteiger charge is -2.01. The van der Waals surface area contributed by atoms with Gasteiger partial charge in [-0.25, -0.2) is 10.5 Å². The van der Waals surface area contributed by atoms with E-state index in [-0.39, 0.29) is 5.96 Å². The van der Waals surface area contributed by atoms with Gasteiger partial charge in [0.25, 0.3) is 0 Å². The fraction of sp³-hybridized carbons (Fsp3) is 0.222. The number of hydrogen-bond acceptors (Lipinski definition) is 3. The molecule has 0 heterocycles. The van der Waals surface area contributed by atoms with Crippen molar-refractivity contribution < 1.29 is 9.94 Å². The Morgan fingerprint density at radius 2 is 2.43 bits per heavy atom. The molecule has 0 atom stereocenters. The Hall–Kier alpha value is -1.59. The third kappa shape index (κ3) is 3.04. The Kier molecular flexibility index (Phi) is 3.90. The first-order valence-corrected chi connectivity index (χ1v) is 4.08. The molecule has 0 saturated heterocycles. The molecule has 0 amide bonds. The fourth-order valence-electron chi connectivity index (χ4n) is 1.05. The highest BCUT2D eigenvalue weighted by Crippen LogP contribution is 2.14. The standard InChI is InChI=1S/C9H13N3O2/c1-14-6-7-3-2-4-8(5-7)11-9(10)12-13/h2-5,13H,6H2,1H3,(H3,10,11,12). The van der Waals surface area contributed by atoms with Crippen LogP contribution in [0.5, 0.6) is 0 Å². The third-order valence-electron chi connectivity index (χ3n) is 1.59.